The average molecular weight is 402 g/mol. The van der Waals surface area contributed by atoms with Gasteiger partial charge in [-0.3, -0.25) is 9.59 Å². The van der Waals surface area contributed by atoms with Crippen LogP contribution in [0.4, 0.5) is 0 Å². The van der Waals surface area contributed by atoms with Gasteiger partial charge in [-0.05, 0) is 22.6 Å². The Balaban J connectivity index is 2.07. The summed E-state index contributed by atoms with van der Waals surface area (Å²) in [7, 11) is 0. The molecule has 0 radical (unpaired) electrons. The average Bonchev–Trinajstić information content (AvgIpc) is 2.79. The first-order valence-electron chi connectivity index (χ1n) is 10.0. The highest BCUT2D eigenvalue weighted by Crippen LogP contribution is 2.36. The van der Waals surface area contributed by atoms with E-state index in [1.807, 2.05) is 56.3 Å². The molecule has 30 heavy (non-hydrogen) atoms. The third-order valence-corrected chi connectivity index (χ3v) is 4.79. The Bertz CT molecular complexity index is 911. The van der Waals surface area contributed by atoms with Crippen molar-refractivity contribution in [2.45, 2.75) is 25.9 Å². The first-order valence-corrected chi connectivity index (χ1v) is 10.0. The fraction of sp³-hybridized carbons (Fsp3) is 0.231. The van der Waals surface area contributed by atoms with E-state index >= 15 is 0 Å². The second kappa shape index (κ2) is 9.88. The van der Waals surface area contributed by atoms with Crippen molar-refractivity contribution in [3.8, 4) is 0 Å². The van der Waals surface area contributed by atoms with E-state index in [1.165, 1.54) is 0 Å². The number of hydrogen-bond donors (Lipinski definition) is 0. The van der Waals surface area contributed by atoms with Crippen LogP contribution >= 0.6 is 0 Å². The van der Waals surface area contributed by atoms with Crippen LogP contribution in [0.2, 0.25) is 0 Å². The molecule has 0 heterocycles. The minimum Gasteiger partial charge on any atom is -0.464 e. The second-order valence-electron chi connectivity index (χ2n) is 7.54. The van der Waals surface area contributed by atoms with Crippen molar-refractivity contribution in [3.05, 3.63) is 108 Å². The van der Waals surface area contributed by atoms with Crippen LogP contribution < -0.4 is 0 Å². The van der Waals surface area contributed by atoms with Crippen LogP contribution in [0.15, 0.2) is 91.0 Å². The third-order valence-electron chi connectivity index (χ3n) is 4.79. The van der Waals surface area contributed by atoms with E-state index in [0.717, 1.165) is 5.56 Å². The first-order chi connectivity index (χ1) is 14.5. The second-order valence-corrected chi connectivity index (χ2v) is 7.54. The van der Waals surface area contributed by atoms with Crippen LogP contribution in [0.1, 0.15) is 30.5 Å². The van der Waals surface area contributed by atoms with E-state index in [1.54, 1.807) is 48.5 Å². The molecule has 0 aliphatic rings. The zero-order valence-corrected chi connectivity index (χ0v) is 17.3. The maximum atomic E-state index is 13.6. The van der Waals surface area contributed by atoms with Crippen molar-refractivity contribution in [1.82, 2.24) is 0 Å². The summed E-state index contributed by atoms with van der Waals surface area (Å²) in [6, 6.07) is 27.3. The molecular formula is C26H26O4. The lowest BCUT2D eigenvalue weighted by atomic mass is 9.74. The van der Waals surface area contributed by atoms with Gasteiger partial charge in [-0.25, -0.2) is 0 Å². The molecule has 0 aliphatic carbocycles. The Kier molecular flexibility index (Phi) is 7.02. The maximum absolute atomic E-state index is 13.6. The van der Waals surface area contributed by atoms with Gasteiger partial charge in [-0.15, -0.1) is 0 Å². The summed E-state index contributed by atoms with van der Waals surface area (Å²) in [5.41, 5.74) is 0.175. The molecule has 0 aliphatic heterocycles. The van der Waals surface area contributed by atoms with Crippen molar-refractivity contribution in [3.63, 3.8) is 0 Å². The zero-order valence-electron chi connectivity index (χ0n) is 17.3. The summed E-state index contributed by atoms with van der Waals surface area (Å²) >= 11 is 0. The molecule has 0 N–H and O–H groups in total. The lowest BCUT2D eigenvalue weighted by Crippen LogP contribution is -2.47. The molecule has 0 saturated carbocycles. The number of esters is 2. The summed E-state index contributed by atoms with van der Waals surface area (Å²) in [5, 5.41) is 0. The molecule has 0 unspecified atom stereocenters. The minimum absolute atomic E-state index is 0.0680. The molecule has 0 amide bonds. The highest BCUT2D eigenvalue weighted by atomic mass is 16.6. The number of carbonyl (C=O) groups excluding carboxylic acids is 2. The molecular weight excluding hydrogens is 376 g/mol. The van der Waals surface area contributed by atoms with Crippen LogP contribution in [0.25, 0.3) is 0 Å². The summed E-state index contributed by atoms with van der Waals surface area (Å²) in [5.74, 6) is -1.15. The van der Waals surface area contributed by atoms with E-state index in [2.05, 4.69) is 0 Å². The molecule has 0 bridgehead atoms. The smallest absolute Gasteiger partial charge is 0.333 e. The normalized spacial score (nSPS) is 11.2. The molecule has 4 heteroatoms. The van der Waals surface area contributed by atoms with Crippen molar-refractivity contribution in [1.29, 1.82) is 0 Å². The number of carbonyl (C=O) groups is 2. The van der Waals surface area contributed by atoms with Gasteiger partial charge in [0.2, 0.25) is 5.41 Å². The zero-order chi connectivity index (χ0) is 21.4. The summed E-state index contributed by atoms with van der Waals surface area (Å²) in [6.45, 7) is 4.19. The minimum atomic E-state index is -1.70. The standard InChI is InChI=1S/C26H26O4/c1-20(2)18-29-24(27)26(22-14-8-4-9-15-22,23-16-10-5-11-17-23)25(28)30-19-21-12-6-3-7-13-21/h3-17,20H,18-19H2,1-2H3. The summed E-state index contributed by atoms with van der Waals surface area (Å²) in [6.07, 6.45) is 0. The highest BCUT2D eigenvalue weighted by molar-refractivity contribution is 6.10. The van der Waals surface area contributed by atoms with Gasteiger partial charge in [0.15, 0.2) is 0 Å². The van der Waals surface area contributed by atoms with Crippen LogP contribution in [0, 0.1) is 5.92 Å². The van der Waals surface area contributed by atoms with E-state index in [9.17, 15) is 9.59 Å². The van der Waals surface area contributed by atoms with Gasteiger partial charge in [0, 0.05) is 0 Å². The topological polar surface area (TPSA) is 52.6 Å². The van der Waals surface area contributed by atoms with Crippen molar-refractivity contribution < 1.29 is 19.1 Å². The Morgan fingerprint density at radius 2 is 1.13 bits per heavy atom. The van der Waals surface area contributed by atoms with Gasteiger partial charge in [-0.1, -0.05) is 105 Å². The van der Waals surface area contributed by atoms with Crippen molar-refractivity contribution in [2.24, 2.45) is 5.92 Å². The Morgan fingerprint density at radius 3 is 1.60 bits per heavy atom. The summed E-state index contributed by atoms with van der Waals surface area (Å²) in [4.78, 5) is 27.1. The highest BCUT2D eigenvalue weighted by Gasteiger charge is 2.52. The molecule has 0 atom stereocenters. The Labute approximate surface area is 177 Å². The predicted molar refractivity (Wildman–Crippen MR) is 116 cm³/mol. The molecule has 3 rings (SSSR count). The molecule has 154 valence electrons. The van der Waals surface area contributed by atoms with Gasteiger partial charge in [-0.2, -0.15) is 0 Å². The molecule has 3 aromatic carbocycles. The lowest BCUT2D eigenvalue weighted by Gasteiger charge is -2.30. The molecule has 0 saturated heterocycles. The van der Waals surface area contributed by atoms with Crippen molar-refractivity contribution >= 4 is 11.9 Å². The first kappa shape index (κ1) is 21.3. The van der Waals surface area contributed by atoms with Gasteiger partial charge in [0.05, 0.1) is 6.61 Å². The van der Waals surface area contributed by atoms with Gasteiger partial charge >= 0.3 is 11.9 Å². The van der Waals surface area contributed by atoms with Crippen molar-refractivity contribution in [2.75, 3.05) is 6.61 Å². The number of ether oxygens (including phenoxy) is 2. The fourth-order valence-electron chi connectivity index (χ4n) is 3.28. The lowest BCUT2D eigenvalue weighted by molar-refractivity contribution is -0.164. The largest absolute Gasteiger partial charge is 0.464 e. The molecule has 0 aromatic heterocycles. The van der Waals surface area contributed by atoms with Crippen LogP contribution in [0.3, 0.4) is 0 Å². The van der Waals surface area contributed by atoms with E-state index in [4.69, 9.17) is 9.47 Å². The SMILES string of the molecule is CC(C)COC(=O)C(C(=O)OCc1ccccc1)(c1ccccc1)c1ccccc1. The molecule has 0 fully saturated rings. The molecule has 4 nitrogen and oxygen atoms in total. The van der Waals surface area contributed by atoms with E-state index in [0.29, 0.717) is 11.1 Å². The monoisotopic (exact) mass is 402 g/mol. The predicted octanol–water partition coefficient (Wildman–Crippen LogP) is 4.92. The number of hydrogen-bond acceptors (Lipinski definition) is 4. The Morgan fingerprint density at radius 1 is 0.700 bits per heavy atom. The van der Waals surface area contributed by atoms with Gasteiger partial charge < -0.3 is 9.47 Å². The Hall–Kier alpha value is -3.40. The van der Waals surface area contributed by atoms with Gasteiger partial charge in [0.25, 0.3) is 0 Å². The number of benzene rings is 3. The molecule has 3 aromatic rings. The van der Waals surface area contributed by atoms with Crippen LogP contribution in [-0.2, 0) is 31.1 Å². The fourth-order valence-corrected chi connectivity index (χ4v) is 3.28. The molecule has 0 spiro atoms. The van der Waals surface area contributed by atoms with Gasteiger partial charge in [0.1, 0.15) is 6.61 Å². The third kappa shape index (κ3) is 4.60. The quantitative estimate of drug-likeness (QED) is 0.397. The maximum Gasteiger partial charge on any atom is 0.333 e. The van der Waals surface area contributed by atoms with E-state index < -0.39 is 17.4 Å². The summed E-state index contributed by atoms with van der Waals surface area (Å²) < 4.78 is 11.3. The van der Waals surface area contributed by atoms with Crippen LogP contribution in [-0.4, -0.2) is 18.5 Å². The van der Waals surface area contributed by atoms with E-state index in [-0.39, 0.29) is 19.1 Å². The number of rotatable bonds is 8. The van der Waals surface area contributed by atoms with Crippen LogP contribution in [0.5, 0.6) is 0 Å².